The molecule has 0 radical (unpaired) electrons. The van der Waals surface area contributed by atoms with Crippen molar-refractivity contribution < 1.29 is 41.0 Å². The molecule has 1 saturated heterocycles. The number of carboxylic acid groups (broad SMARTS) is 1. The van der Waals surface area contributed by atoms with Crippen molar-refractivity contribution in [2.24, 2.45) is 0 Å². The first kappa shape index (κ1) is 28.8. The minimum atomic E-state index is -4.49. The molecule has 0 saturated carbocycles. The summed E-state index contributed by atoms with van der Waals surface area (Å²) in [6.07, 6.45) is -0.780. The van der Waals surface area contributed by atoms with Gasteiger partial charge in [-0.25, -0.2) is 31.3 Å². The van der Waals surface area contributed by atoms with E-state index in [0.717, 1.165) is 21.3 Å². The van der Waals surface area contributed by atoms with E-state index < -0.39 is 45.5 Å². The topological polar surface area (TPSA) is 121 Å². The van der Waals surface area contributed by atoms with Crippen LogP contribution in [0.3, 0.4) is 0 Å². The molecule has 0 bridgehead atoms. The van der Waals surface area contributed by atoms with Gasteiger partial charge >= 0.3 is 6.09 Å². The lowest BCUT2D eigenvalue weighted by Crippen LogP contribution is -2.33. The zero-order valence-corrected chi connectivity index (χ0v) is 22.4. The molecule has 4 rings (SSSR count). The molecule has 0 unspecified atom stereocenters. The number of benzene rings is 2. The number of ether oxygens (including phenoxy) is 2. The van der Waals surface area contributed by atoms with Crippen molar-refractivity contribution in [3.05, 3.63) is 77.2 Å². The van der Waals surface area contributed by atoms with Gasteiger partial charge in [-0.3, -0.25) is 0 Å². The molecule has 0 spiro atoms. The lowest BCUT2D eigenvalue weighted by Gasteiger charge is -2.26. The fourth-order valence-electron chi connectivity index (χ4n) is 4.41. The summed E-state index contributed by atoms with van der Waals surface area (Å²) in [5.41, 5.74) is -0.110. The van der Waals surface area contributed by atoms with Gasteiger partial charge in [0.2, 0.25) is 16.0 Å². The SMILES string of the molecule is COc1ccc(CN(c2cccc(F)n2)S(=O)(=O)Cc2c(F)cc(F)cc2N[C@H]2CCN(C(=O)O)C2)c(OC)c1. The lowest BCUT2D eigenvalue weighted by atomic mass is 10.1. The highest BCUT2D eigenvalue weighted by molar-refractivity contribution is 7.92. The number of nitrogens with one attached hydrogen (secondary N) is 1. The summed E-state index contributed by atoms with van der Waals surface area (Å²) in [5.74, 6) is -3.45. The molecule has 2 aromatic carbocycles. The summed E-state index contributed by atoms with van der Waals surface area (Å²) in [7, 11) is -1.65. The first-order valence-electron chi connectivity index (χ1n) is 12.1. The van der Waals surface area contributed by atoms with Gasteiger partial charge in [0.25, 0.3) is 0 Å². The highest BCUT2D eigenvalue weighted by Crippen LogP contribution is 2.32. The molecule has 1 fully saturated rings. The van der Waals surface area contributed by atoms with Crippen molar-refractivity contribution >= 4 is 27.6 Å². The summed E-state index contributed by atoms with van der Waals surface area (Å²) in [6.45, 7) is -0.0921. The van der Waals surface area contributed by atoms with Gasteiger partial charge in [0.1, 0.15) is 29.0 Å². The van der Waals surface area contributed by atoms with Gasteiger partial charge in [0.05, 0.1) is 26.5 Å². The predicted octanol–water partition coefficient (Wildman–Crippen LogP) is 4.22. The third-order valence-corrected chi connectivity index (χ3v) is 8.05. The third kappa shape index (κ3) is 6.50. The second kappa shape index (κ2) is 11.9. The normalized spacial score (nSPS) is 15.1. The van der Waals surface area contributed by atoms with Gasteiger partial charge in [0.15, 0.2) is 0 Å². The molecule has 10 nitrogen and oxygen atoms in total. The van der Waals surface area contributed by atoms with Crippen LogP contribution in [0.15, 0.2) is 48.5 Å². The molecular formula is C26H27F3N4O6S. The maximum Gasteiger partial charge on any atom is 0.407 e. The Morgan fingerprint density at radius 2 is 1.93 bits per heavy atom. The smallest absolute Gasteiger partial charge is 0.407 e. The molecule has 1 amide bonds. The van der Waals surface area contributed by atoms with E-state index in [4.69, 9.17) is 9.47 Å². The fraction of sp³-hybridized carbons (Fsp3) is 0.308. The summed E-state index contributed by atoms with van der Waals surface area (Å²) < 4.78 is 82.4. The molecule has 214 valence electrons. The van der Waals surface area contributed by atoms with E-state index in [0.29, 0.717) is 23.8 Å². The number of nitrogens with zero attached hydrogens (tertiary/aromatic N) is 3. The third-order valence-electron chi connectivity index (χ3n) is 6.41. The van der Waals surface area contributed by atoms with Crippen molar-refractivity contribution in [3.63, 3.8) is 0 Å². The number of methoxy groups -OCH3 is 2. The van der Waals surface area contributed by atoms with Crippen molar-refractivity contribution in [2.45, 2.75) is 24.8 Å². The van der Waals surface area contributed by atoms with Crippen LogP contribution in [0.25, 0.3) is 0 Å². The van der Waals surface area contributed by atoms with Crippen molar-refractivity contribution in [2.75, 3.05) is 36.9 Å². The monoisotopic (exact) mass is 580 g/mol. The van der Waals surface area contributed by atoms with E-state index >= 15 is 4.39 Å². The number of aromatic nitrogens is 1. The molecule has 1 atom stereocenters. The Balaban J connectivity index is 1.71. The van der Waals surface area contributed by atoms with Gasteiger partial charge in [-0.2, -0.15) is 4.39 Å². The first-order chi connectivity index (χ1) is 19.0. The van der Waals surface area contributed by atoms with E-state index in [1.165, 1.54) is 26.4 Å². The average molecular weight is 581 g/mol. The van der Waals surface area contributed by atoms with E-state index in [1.54, 1.807) is 18.2 Å². The Kier molecular flexibility index (Phi) is 8.57. The Labute approximate surface area is 229 Å². The minimum absolute atomic E-state index is 0.0518. The molecule has 3 aromatic rings. The number of likely N-dealkylation sites (tertiary alicyclic amines) is 1. The van der Waals surface area contributed by atoms with E-state index in [2.05, 4.69) is 10.3 Å². The van der Waals surface area contributed by atoms with Crippen LogP contribution in [0, 0.1) is 17.6 Å². The summed E-state index contributed by atoms with van der Waals surface area (Å²) in [6, 6.07) is 9.34. The van der Waals surface area contributed by atoms with Crippen molar-refractivity contribution in [3.8, 4) is 11.5 Å². The number of amides is 1. The van der Waals surface area contributed by atoms with Crippen LogP contribution < -0.4 is 19.1 Å². The standard InChI is InChI=1S/C26H27F3N4O6S/c1-38-19-7-6-16(23(12-19)39-2)13-33(25-5-3-4-24(29)31-25)40(36,37)15-20-21(28)10-17(27)11-22(20)30-18-8-9-32(14-18)26(34)35/h3-7,10-12,18,30H,8-9,13-15H2,1-2H3,(H,34,35)/t18-/m0/s1. The minimum Gasteiger partial charge on any atom is -0.497 e. The number of rotatable bonds is 10. The molecule has 2 N–H and O–H groups in total. The number of hydrogen-bond acceptors (Lipinski definition) is 7. The zero-order chi connectivity index (χ0) is 29.0. The highest BCUT2D eigenvalue weighted by atomic mass is 32.2. The second-order valence-corrected chi connectivity index (χ2v) is 10.9. The van der Waals surface area contributed by atoms with Crippen molar-refractivity contribution in [1.29, 1.82) is 0 Å². The van der Waals surface area contributed by atoms with E-state index in [-0.39, 0.29) is 42.5 Å². The van der Waals surface area contributed by atoms with Crippen LogP contribution in [-0.2, 0) is 22.3 Å². The fourth-order valence-corrected chi connectivity index (χ4v) is 5.94. The van der Waals surface area contributed by atoms with Crippen LogP contribution in [0.1, 0.15) is 17.5 Å². The maximum absolute atomic E-state index is 15.1. The number of sulfonamides is 1. The zero-order valence-electron chi connectivity index (χ0n) is 21.6. The molecule has 1 aliphatic rings. The van der Waals surface area contributed by atoms with Crippen LogP contribution in [0.5, 0.6) is 11.5 Å². The van der Waals surface area contributed by atoms with Gasteiger partial charge in [-0.1, -0.05) is 6.07 Å². The van der Waals surface area contributed by atoms with Crippen LogP contribution >= 0.6 is 0 Å². The van der Waals surface area contributed by atoms with E-state index in [1.807, 2.05) is 0 Å². The van der Waals surface area contributed by atoms with Crippen LogP contribution in [-0.4, -0.2) is 62.9 Å². The van der Waals surface area contributed by atoms with Crippen LogP contribution in [0.2, 0.25) is 0 Å². The number of hydrogen-bond donors (Lipinski definition) is 2. The highest BCUT2D eigenvalue weighted by Gasteiger charge is 2.31. The average Bonchev–Trinajstić information content (AvgIpc) is 3.38. The predicted molar refractivity (Wildman–Crippen MR) is 141 cm³/mol. The summed E-state index contributed by atoms with van der Waals surface area (Å²) in [5, 5.41) is 12.1. The lowest BCUT2D eigenvalue weighted by molar-refractivity contribution is 0.155. The number of anilines is 2. The molecule has 0 aliphatic carbocycles. The second-order valence-electron chi connectivity index (χ2n) is 9.03. The maximum atomic E-state index is 15.1. The Bertz CT molecular complexity index is 1510. The Morgan fingerprint density at radius 3 is 2.58 bits per heavy atom. The molecule has 2 heterocycles. The van der Waals surface area contributed by atoms with E-state index in [9.17, 15) is 27.1 Å². The molecular weight excluding hydrogens is 553 g/mol. The summed E-state index contributed by atoms with van der Waals surface area (Å²) in [4.78, 5) is 16.1. The largest absolute Gasteiger partial charge is 0.497 e. The molecule has 40 heavy (non-hydrogen) atoms. The molecule has 1 aliphatic heterocycles. The Morgan fingerprint density at radius 1 is 1.15 bits per heavy atom. The first-order valence-corrected chi connectivity index (χ1v) is 13.7. The van der Waals surface area contributed by atoms with Gasteiger partial charge in [0, 0.05) is 48.1 Å². The quantitative estimate of drug-likeness (QED) is 0.342. The Hall–Kier alpha value is -4.20. The molecule has 14 heteroatoms. The number of halogens is 3. The summed E-state index contributed by atoms with van der Waals surface area (Å²) >= 11 is 0. The molecule has 1 aromatic heterocycles. The van der Waals surface area contributed by atoms with Gasteiger partial charge in [-0.15, -0.1) is 0 Å². The van der Waals surface area contributed by atoms with Gasteiger partial charge < -0.3 is 24.8 Å². The number of carbonyl (C=O) groups is 1. The van der Waals surface area contributed by atoms with Gasteiger partial charge in [-0.05, 0) is 36.8 Å². The van der Waals surface area contributed by atoms with Crippen molar-refractivity contribution in [1.82, 2.24) is 9.88 Å². The van der Waals surface area contributed by atoms with Crippen LogP contribution in [0.4, 0.5) is 29.5 Å². The number of pyridine rings is 1.